The Kier molecular flexibility index (Phi) is 4.09. The fourth-order valence-corrected chi connectivity index (χ4v) is 2.88. The number of aromatic nitrogens is 1. The molecule has 0 aliphatic carbocycles. The fraction of sp³-hybridized carbons (Fsp3) is 0.250. The SMILES string of the molecule is Cc1cccc(CNCc2cc(Br)cs2)n1. The topological polar surface area (TPSA) is 24.9 Å². The lowest BCUT2D eigenvalue weighted by molar-refractivity contribution is 0.684. The van der Waals surface area contributed by atoms with Gasteiger partial charge in [0.05, 0.1) is 5.69 Å². The fourth-order valence-electron chi connectivity index (χ4n) is 1.46. The van der Waals surface area contributed by atoms with Crippen molar-refractivity contribution in [1.29, 1.82) is 0 Å². The zero-order valence-corrected chi connectivity index (χ0v) is 11.4. The molecule has 0 atom stereocenters. The Hall–Kier alpha value is -0.710. The Labute approximate surface area is 108 Å². The summed E-state index contributed by atoms with van der Waals surface area (Å²) in [6, 6.07) is 8.24. The molecule has 0 unspecified atom stereocenters. The number of hydrogen-bond acceptors (Lipinski definition) is 3. The van der Waals surface area contributed by atoms with Gasteiger partial charge in [0.25, 0.3) is 0 Å². The summed E-state index contributed by atoms with van der Waals surface area (Å²) >= 11 is 5.21. The van der Waals surface area contributed by atoms with Gasteiger partial charge in [-0.1, -0.05) is 6.07 Å². The van der Waals surface area contributed by atoms with Crippen LogP contribution in [0.1, 0.15) is 16.3 Å². The maximum absolute atomic E-state index is 4.44. The normalized spacial score (nSPS) is 10.6. The molecule has 2 aromatic rings. The number of nitrogens with zero attached hydrogens (tertiary/aromatic N) is 1. The molecular weight excluding hydrogens is 284 g/mol. The summed E-state index contributed by atoms with van der Waals surface area (Å²) in [6.45, 7) is 3.73. The van der Waals surface area contributed by atoms with Crippen LogP contribution >= 0.6 is 27.3 Å². The molecule has 84 valence electrons. The molecule has 0 aromatic carbocycles. The molecule has 0 amide bonds. The quantitative estimate of drug-likeness (QED) is 0.934. The van der Waals surface area contributed by atoms with E-state index in [1.54, 1.807) is 11.3 Å². The second kappa shape index (κ2) is 5.57. The van der Waals surface area contributed by atoms with E-state index in [9.17, 15) is 0 Å². The predicted molar refractivity (Wildman–Crippen MR) is 71.5 cm³/mol. The minimum Gasteiger partial charge on any atom is -0.306 e. The largest absolute Gasteiger partial charge is 0.306 e. The van der Waals surface area contributed by atoms with Gasteiger partial charge in [-0.25, -0.2) is 0 Å². The first kappa shape index (κ1) is 11.8. The molecule has 1 N–H and O–H groups in total. The lowest BCUT2D eigenvalue weighted by Crippen LogP contribution is -2.12. The van der Waals surface area contributed by atoms with Gasteiger partial charge in [0.1, 0.15) is 0 Å². The molecule has 0 aliphatic rings. The number of thiophene rings is 1. The van der Waals surface area contributed by atoms with Crippen molar-refractivity contribution in [3.63, 3.8) is 0 Å². The molecule has 16 heavy (non-hydrogen) atoms. The monoisotopic (exact) mass is 296 g/mol. The summed E-state index contributed by atoms with van der Waals surface area (Å²) in [5, 5.41) is 5.48. The number of halogens is 1. The number of nitrogens with one attached hydrogen (secondary N) is 1. The molecule has 0 radical (unpaired) electrons. The van der Waals surface area contributed by atoms with Crippen LogP contribution in [0.15, 0.2) is 34.1 Å². The molecular formula is C12H13BrN2S. The first-order chi connectivity index (χ1) is 7.74. The van der Waals surface area contributed by atoms with Crippen molar-refractivity contribution in [3.8, 4) is 0 Å². The molecule has 0 spiro atoms. The molecule has 2 nitrogen and oxygen atoms in total. The van der Waals surface area contributed by atoms with Crippen molar-refractivity contribution in [2.45, 2.75) is 20.0 Å². The van der Waals surface area contributed by atoms with Gasteiger partial charge in [-0.3, -0.25) is 4.98 Å². The summed E-state index contributed by atoms with van der Waals surface area (Å²) in [4.78, 5) is 5.77. The molecule has 0 bridgehead atoms. The van der Waals surface area contributed by atoms with E-state index in [0.29, 0.717) is 0 Å². The average Bonchev–Trinajstić information content (AvgIpc) is 2.64. The van der Waals surface area contributed by atoms with E-state index in [1.807, 2.05) is 25.1 Å². The highest BCUT2D eigenvalue weighted by Crippen LogP contribution is 2.19. The van der Waals surface area contributed by atoms with Crippen molar-refractivity contribution in [2.75, 3.05) is 0 Å². The van der Waals surface area contributed by atoms with E-state index in [4.69, 9.17) is 0 Å². The van der Waals surface area contributed by atoms with Crippen LogP contribution in [0.2, 0.25) is 0 Å². The van der Waals surface area contributed by atoms with Crippen molar-refractivity contribution in [3.05, 3.63) is 50.4 Å². The van der Waals surface area contributed by atoms with E-state index in [0.717, 1.165) is 29.0 Å². The molecule has 0 aliphatic heterocycles. The van der Waals surface area contributed by atoms with Crippen molar-refractivity contribution < 1.29 is 0 Å². The minimum absolute atomic E-state index is 0.817. The van der Waals surface area contributed by atoms with E-state index in [1.165, 1.54) is 4.88 Å². The van der Waals surface area contributed by atoms with Gasteiger partial charge < -0.3 is 5.32 Å². The van der Waals surface area contributed by atoms with Crippen LogP contribution in [0.4, 0.5) is 0 Å². The molecule has 0 fully saturated rings. The summed E-state index contributed by atoms with van der Waals surface area (Å²) in [5.74, 6) is 0. The molecule has 2 rings (SSSR count). The van der Waals surface area contributed by atoms with Crippen molar-refractivity contribution >= 4 is 27.3 Å². The standard InChI is InChI=1S/C12H13BrN2S/c1-9-3-2-4-11(15-9)6-14-7-12-5-10(13)8-16-12/h2-5,8,14H,6-7H2,1H3. The zero-order chi connectivity index (χ0) is 11.4. The summed E-state index contributed by atoms with van der Waals surface area (Å²) in [7, 11) is 0. The molecule has 2 heterocycles. The van der Waals surface area contributed by atoms with Gasteiger partial charge >= 0.3 is 0 Å². The molecule has 0 saturated heterocycles. The van der Waals surface area contributed by atoms with Crippen LogP contribution in [0, 0.1) is 6.92 Å². The van der Waals surface area contributed by atoms with Crippen LogP contribution in [0.3, 0.4) is 0 Å². The van der Waals surface area contributed by atoms with Crippen molar-refractivity contribution in [2.24, 2.45) is 0 Å². The maximum atomic E-state index is 4.44. The maximum Gasteiger partial charge on any atom is 0.0544 e. The minimum atomic E-state index is 0.817. The predicted octanol–water partition coefficient (Wildman–Crippen LogP) is 3.50. The summed E-state index contributed by atoms with van der Waals surface area (Å²) in [5.41, 5.74) is 2.16. The first-order valence-corrected chi connectivity index (χ1v) is 6.77. The van der Waals surface area contributed by atoms with E-state index in [-0.39, 0.29) is 0 Å². The summed E-state index contributed by atoms with van der Waals surface area (Å²) in [6.07, 6.45) is 0. The third-order valence-electron chi connectivity index (χ3n) is 2.17. The Morgan fingerprint density at radius 2 is 2.25 bits per heavy atom. The molecule has 0 saturated carbocycles. The van der Waals surface area contributed by atoms with E-state index in [2.05, 4.69) is 37.7 Å². The Bertz CT molecular complexity index is 468. The van der Waals surface area contributed by atoms with Crippen LogP contribution in [0.5, 0.6) is 0 Å². The smallest absolute Gasteiger partial charge is 0.0544 e. The second-order valence-electron chi connectivity index (χ2n) is 3.61. The average molecular weight is 297 g/mol. The van der Waals surface area contributed by atoms with Gasteiger partial charge in [-0.15, -0.1) is 11.3 Å². The third kappa shape index (κ3) is 3.40. The lowest BCUT2D eigenvalue weighted by atomic mass is 10.3. The van der Waals surface area contributed by atoms with Crippen molar-refractivity contribution in [1.82, 2.24) is 10.3 Å². The van der Waals surface area contributed by atoms with Gasteiger partial charge in [-0.2, -0.15) is 0 Å². The third-order valence-corrected chi connectivity index (χ3v) is 3.87. The van der Waals surface area contributed by atoms with Crippen LogP contribution in [-0.4, -0.2) is 4.98 Å². The number of rotatable bonds is 4. The van der Waals surface area contributed by atoms with Gasteiger partial charge in [0.15, 0.2) is 0 Å². The molecule has 4 heteroatoms. The van der Waals surface area contributed by atoms with E-state index < -0.39 is 0 Å². The highest BCUT2D eigenvalue weighted by Gasteiger charge is 1.98. The highest BCUT2D eigenvalue weighted by atomic mass is 79.9. The number of aryl methyl sites for hydroxylation is 1. The second-order valence-corrected chi connectivity index (χ2v) is 5.52. The summed E-state index contributed by atoms with van der Waals surface area (Å²) < 4.78 is 1.16. The molecule has 2 aromatic heterocycles. The number of hydrogen-bond donors (Lipinski definition) is 1. The van der Waals surface area contributed by atoms with Gasteiger partial charge in [0.2, 0.25) is 0 Å². The first-order valence-electron chi connectivity index (χ1n) is 5.10. The van der Waals surface area contributed by atoms with Crippen LogP contribution in [0.25, 0.3) is 0 Å². The van der Waals surface area contributed by atoms with Crippen LogP contribution in [-0.2, 0) is 13.1 Å². The highest BCUT2D eigenvalue weighted by molar-refractivity contribution is 9.10. The van der Waals surface area contributed by atoms with Crippen LogP contribution < -0.4 is 5.32 Å². The van der Waals surface area contributed by atoms with Gasteiger partial charge in [-0.05, 0) is 41.1 Å². The Balaban J connectivity index is 1.84. The lowest BCUT2D eigenvalue weighted by Gasteiger charge is -2.03. The van der Waals surface area contributed by atoms with E-state index >= 15 is 0 Å². The van der Waals surface area contributed by atoms with Gasteiger partial charge in [0, 0.05) is 33.5 Å². The zero-order valence-electron chi connectivity index (χ0n) is 9.03. The Morgan fingerprint density at radius 1 is 1.38 bits per heavy atom. The Morgan fingerprint density at radius 3 is 2.94 bits per heavy atom. The number of pyridine rings is 1.